The number of nitrogens with one attached hydrogen (secondary N) is 2. The summed E-state index contributed by atoms with van der Waals surface area (Å²) in [6, 6.07) is 3.25. The number of anilines is 1. The van der Waals surface area contributed by atoms with Crippen LogP contribution in [0.3, 0.4) is 0 Å². The van der Waals surface area contributed by atoms with Gasteiger partial charge >= 0.3 is 12.0 Å². The Kier molecular flexibility index (Phi) is 4.27. The molecule has 8 nitrogen and oxygen atoms in total. The Morgan fingerprint density at radius 1 is 1.33 bits per heavy atom. The van der Waals surface area contributed by atoms with Gasteiger partial charge in [-0.05, 0) is 18.6 Å². The number of nitrogens with zero attached hydrogens (tertiary/aromatic N) is 1. The lowest BCUT2D eigenvalue weighted by Gasteiger charge is -2.19. The average Bonchev–Trinajstić information content (AvgIpc) is 2.63. The lowest BCUT2D eigenvalue weighted by molar-refractivity contribution is -0.120. The van der Waals surface area contributed by atoms with E-state index in [0.717, 1.165) is 6.07 Å². The number of carbonyl (C=O) groups excluding carboxylic acids is 2. The molecule has 0 radical (unpaired) electrons. The van der Waals surface area contributed by atoms with Crippen molar-refractivity contribution in [2.75, 3.05) is 25.0 Å². The van der Waals surface area contributed by atoms with Crippen LogP contribution < -0.4 is 10.6 Å². The number of carboxylic acid groups (broad SMARTS) is 1. The van der Waals surface area contributed by atoms with Crippen LogP contribution in [0.25, 0.3) is 0 Å². The molecule has 112 valence electrons. The summed E-state index contributed by atoms with van der Waals surface area (Å²) in [4.78, 5) is 35.5. The van der Waals surface area contributed by atoms with E-state index in [4.69, 9.17) is 5.11 Å². The van der Waals surface area contributed by atoms with Crippen molar-refractivity contribution in [2.45, 2.75) is 6.42 Å². The molecule has 1 aromatic carbocycles. The first-order valence-corrected chi connectivity index (χ1v) is 6.36. The van der Waals surface area contributed by atoms with Gasteiger partial charge in [-0.15, -0.1) is 0 Å². The zero-order valence-corrected chi connectivity index (χ0v) is 11.1. The molecule has 0 aromatic heterocycles. The summed E-state index contributed by atoms with van der Waals surface area (Å²) in [5.74, 6) is -1.92. The minimum Gasteiger partial charge on any atom is -0.507 e. The quantitative estimate of drug-likeness (QED) is 0.631. The van der Waals surface area contributed by atoms with Crippen molar-refractivity contribution in [1.82, 2.24) is 10.2 Å². The average molecular weight is 293 g/mol. The molecule has 1 aliphatic rings. The molecule has 0 bridgehead atoms. The first kappa shape index (κ1) is 14.6. The third kappa shape index (κ3) is 3.62. The van der Waals surface area contributed by atoms with Gasteiger partial charge in [0.15, 0.2) is 0 Å². The van der Waals surface area contributed by atoms with Crippen molar-refractivity contribution < 1.29 is 24.6 Å². The summed E-state index contributed by atoms with van der Waals surface area (Å²) >= 11 is 0. The number of hydrogen-bond donors (Lipinski definition) is 4. The van der Waals surface area contributed by atoms with Crippen molar-refractivity contribution >= 4 is 23.6 Å². The van der Waals surface area contributed by atoms with Gasteiger partial charge in [-0.1, -0.05) is 0 Å². The molecule has 4 N–H and O–H groups in total. The Morgan fingerprint density at radius 3 is 2.76 bits per heavy atom. The molecule has 0 spiro atoms. The van der Waals surface area contributed by atoms with Gasteiger partial charge in [0.25, 0.3) is 0 Å². The summed E-state index contributed by atoms with van der Waals surface area (Å²) in [6.45, 7) is 0.922. The van der Waals surface area contributed by atoms with Crippen molar-refractivity contribution in [3.63, 3.8) is 0 Å². The highest BCUT2D eigenvalue weighted by Gasteiger charge is 2.20. The number of rotatable bonds is 2. The van der Waals surface area contributed by atoms with E-state index in [9.17, 15) is 19.5 Å². The second-order valence-corrected chi connectivity index (χ2v) is 4.59. The lowest BCUT2D eigenvalue weighted by Crippen LogP contribution is -2.39. The summed E-state index contributed by atoms with van der Waals surface area (Å²) in [5.41, 5.74) is 0.00862. The molecule has 0 unspecified atom stereocenters. The number of hydrogen-bond acceptors (Lipinski definition) is 4. The van der Waals surface area contributed by atoms with Crippen molar-refractivity contribution in [3.05, 3.63) is 23.8 Å². The molecule has 0 saturated carbocycles. The summed E-state index contributed by atoms with van der Waals surface area (Å²) < 4.78 is 0. The number of phenols is 1. The van der Waals surface area contributed by atoms with Crippen LogP contribution in [0.4, 0.5) is 10.5 Å². The standard InChI is InChI=1S/C13H15N3O5/c17-10-6-8(2-3-9(10)12(19)20)15-13(21)16-5-1-4-14-11(18)7-16/h2-3,6,17H,1,4-5,7H2,(H,14,18)(H,15,21)(H,19,20). The van der Waals surface area contributed by atoms with Crippen molar-refractivity contribution in [3.8, 4) is 5.75 Å². The Morgan fingerprint density at radius 2 is 2.10 bits per heavy atom. The zero-order valence-electron chi connectivity index (χ0n) is 11.1. The Balaban J connectivity index is 2.07. The molecule has 3 amide bonds. The number of amides is 3. The van der Waals surface area contributed by atoms with Crippen LogP contribution >= 0.6 is 0 Å². The van der Waals surface area contributed by atoms with Crippen LogP contribution in [0.15, 0.2) is 18.2 Å². The maximum Gasteiger partial charge on any atom is 0.339 e. The number of carboxylic acids is 1. The summed E-state index contributed by atoms with van der Waals surface area (Å²) in [7, 11) is 0. The highest BCUT2D eigenvalue weighted by Crippen LogP contribution is 2.22. The normalized spacial score (nSPS) is 15.0. The monoisotopic (exact) mass is 293 g/mol. The minimum absolute atomic E-state index is 0.0367. The molecule has 1 aromatic rings. The molecule has 8 heteroatoms. The van der Waals surface area contributed by atoms with Crippen LogP contribution in [0, 0.1) is 0 Å². The number of carbonyl (C=O) groups is 3. The van der Waals surface area contributed by atoms with Crippen molar-refractivity contribution in [2.24, 2.45) is 0 Å². The predicted molar refractivity (Wildman–Crippen MR) is 73.3 cm³/mol. The molecule has 0 atom stereocenters. The first-order valence-electron chi connectivity index (χ1n) is 6.36. The number of benzene rings is 1. The number of urea groups is 1. The van der Waals surface area contributed by atoms with Gasteiger partial charge < -0.3 is 25.7 Å². The van der Waals surface area contributed by atoms with E-state index in [0.29, 0.717) is 19.5 Å². The molecule has 2 rings (SSSR count). The third-order valence-corrected chi connectivity index (χ3v) is 3.03. The van der Waals surface area contributed by atoms with Gasteiger partial charge in [0, 0.05) is 24.8 Å². The van der Waals surface area contributed by atoms with Gasteiger partial charge in [0.05, 0.1) is 0 Å². The van der Waals surface area contributed by atoms with Crippen LogP contribution in [0.5, 0.6) is 5.75 Å². The van der Waals surface area contributed by atoms with Crippen LogP contribution in [0.1, 0.15) is 16.8 Å². The topological polar surface area (TPSA) is 119 Å². The lowest BCUT2D eigenvalue weighted by atomic mass is 10.2. The van der Waals surface area contributed by atoms with Gasteiger partial charge in [0.2, 0.25) is 5.91 Å². The van der Waals surface area contributed by atoms with Gasteiger partial charge in [-0.2, -0.15) is 0 Å². The van der Waals surface area contributed by atoms with E-state index in [1.165, 1.54) is 17.0 Å². The smallest absolute Gasteiger partial charge is 0.339 e. The predicted octanol–water partition coefficient (Wildman–Crippen LogP) is 0.444. The number of aromatic carboxylic acids is 1. The zero-order chi connectivity index (χ0) is 15.4. The Hall–Kier alpha value is -2.77. The fraction of sp³-hybridized carbons (Fsp3) is 0.308. The molecule has 0 aliphatic carbocycles. The molecule has 1 fully saturated rings. The highest BCUT2D eigenvalue weighted by molar-refractivity contribution is 5.95. The van der Waals surface area contributed by atoms with Gasteiger partial charge in [-0.3, -0.25) is 4.79 Å². The van der Waals surface area contributed by atoms with E-state index < -0.39 is 17.7 Å². The molecular weight excluding hydrogens is 278 g/mol. The van der Waals surface area contributed by atoms with E-state index in [2.05, 4.69) is 10.6 Å². The first-order chi connectivity index (χ1) is 9.97. The Labute approximate surface area is 120 Å². The number of aromatic hydroxyl groups is 1. The Bertz CT molecular complexity index is 587. The summed E-state index contributed by atoms with van der Waals surface area (Å²) in [5, 5.41) is 23.5. The largest absolute Gasteiger partial charge is 0.507 e. The van der Waals surface area contributed by atoms with Gasteiger partial charge in [-0.25, -0.2) is 9.59 Å². The highest BCUT2D eigenvalue weighted by atomic mass is 16.4. The van der Waals surface area contributed by atoms with Crippen molar-refractivity contribution in [1.29, 1.82) is 0 Å². The van der Waals surface area contributed by atoms with E-state index in [-0.39, 0.29) is 23.7 Å². The molecular formula is C13H15N3O5. The van der Waals surface area contributed by atoms with Crippen LogP contribution in [-0.4, -0.2) is 52.7 Å². The van der Waals surface area contributed by atoms with Crippen LogP contribution in [0.2, 0.25) is 0 Å². The second-order valence-electron chi connectivity index (χ2n) is 4.59. The maximum absolute atomic E-state index is 12.0. The maximum atomic E-state index is 12.0. The molecule has 21 heavy (non-hydrogen) atoms. The fourth-order valence-electron chi connectivity index (χ4n) is 1.97. The SMILES string of the molecule is O=C1CN(C(=O)Nc2ccc(C(=O)O)c(O)c2)CCCN1. The van der Waals surface area contributed by atoms with E-state index in [1.54, 1.807) is 0 Å². The second kappa shape index (κ2) is 6.12. The summed E-state index contributed by atoms with van der Waals surface area (Å²) in [6.07, 6.45) is 0.655. The van der Waals surface area contributed by atoms with Gasteiger partial charge in [0.1, 0.15) is 17.9 Å². The third-order valence-electron chi connectivity index (χ3n) is 3.03. The molecule has 1 heterocycles. The minimum atomic E-state index is -1.26. The fourth-order valence-corrected chi connectivity index (χ4v) is 1.97. The molecule has 1 saturated heterocycles. The molecule has 1 aliphatic heterocycles. The van der Waals surface area contributed by atoms with E-state index >= 15 is 0 Å². The van der Waals surface area contributed by atoms with E-state index in [1.807, 2.05) is 0 Å². The van der Waals surface area contributed by atoms with Crippen LogP contribution in [-0.2, 0) is 4.79 Å².